The minimum absolute atomic E-state index is 0.0847. The molecule has 39 heavy (non-hydrogen) atoms. The number of carbonyl (C=O) groups is 1. The van der Waals surface area contributed by atoms with Crippen LogP contribution >= 0.6 is 0 Å². The molecular weight excluding hydrogens is 534 g/mol. The highest BCUT2D eigenvalue weighted by molar-refractivity contribution is 5.91. The predicted molar refractivity (Wildman–Crippen MR) is 128 cm³/mol. The van der Waals surface area contributed by atoms with Crippen LogP contribution in [0.1, 0.15) is 43.0 Å². The van der Waals surface area contributed by atoms with Crippen LogP contribution in [0.3, 0.4) is 0 Å². The summed E-state index contributed by atoms with van der Waals surface area (Å²) in [5, 5.41) is 0. The lowest BCUT2D eigenvalue weighted by Gasteiger charge is -2.40. The van der Waals surface area contributed by atoms with Crippen molar-refractivity contribution in [2.45, 2.75) is 51.1 Å². The summed E-state index contributed by atoms with van der Waals surface area (Å²) in [4.78, 5) is 12.3. The van der Waals surface area contributed by atoms with E-state index in [0.717, 1.165) is 69.8 Å². The first kappa shape index (κ1) is 30.6. The average Bonchev–Trinajstić information content (AvgIpc) is 2.87. The Bertz CT molecular complexity index is 1030. The molecular formula is C27H30F6O6. The zero-order valence-electron chi connectivity index (χ0n) is 21.3. The highest BCUT2D eigenvalue weighted by atomic mass is 19.4. The third-order valence-corrected chi connectivity index (χ3v) is 6.14. The molecule has 0 bridgehead atoms. The van der Waals surface area contributed by atoms with Gasteiger partial charge in [-0.3, -0.25) is 0 Å². The van der Waals surface area contributed by atoms with Crippen LogP contribution in [0.4, 0.5) is 26.3 Å². The summed E-state index contributed by atoms with van der Waals surface area (Å²) in [6.07, 6.45) is -11.7. The minimum Gasteiger partial charge on any atom is -0.494 e. The maximum absolute atomic E-state index is 13.4. The molecule has 1 atom stereocenters. The molecule has 3 rings (SSSR count). The number of rotatable bonds is 15. The molecule has 0 amide bonds. The monoisotopic (exact) mass is 564 g/mol. The molecule has 1 heterocycles. The molecule has 0 N–H and O–H groups in total. The van der Waals surface area contributed by atoms with Crippen LogP contribution in [0.15, 0.2) is 48.5 Å². The fourth-order valence-corrected chi connectivity index (χ4v) is 3.57. The molecule has 2 aromatic rings. The normalized spacial score (nSPS) is 15.8. The van der Waals surface area contributed by atoms with E-state index in [4.69, 9.17) is 18.9 Å². The van der Waals surface area contributed by atoms with Gasteiger partial charge in [0, 0.05) is 12.0 Å². The number of hydrogen-bond acceptors (Lipinski definition) is 6. The lowest BCUT2D eigenvalue weighted by molar-refractivity contribution is -0.305. The van der Waals surface area contributed by atoms with Crippen LogP contribution < -0.4 is 14.2 Å². The Morgan fingerprint density at radius 3 is 2.05 bits per heavy atom. The largest absolute Gasteiger partial charge is 0.494 e. The van der Waals surface area contributed by atoms with Crippen molar-refractivity contribution in [3.63, 3.8) is 0 Å². The van der Waals surface area contributed by atoms with Crippen molar-refractivity contribution in [1.82, 2.24) is 0 Å². The van der Waals surface area contributed by atoms with Gasteiger partial charge in [0.25, 0.3) is 6.17 Å². The van der Waals surface area contributed by atoms with Gasteiger partial charge in [0.05, 0.1) is 32.0 Å². The van der Waals surface area contributed by atoms with Crippen molar-refractivity contribution in [2.75, 3.05) is 33.0 Å². The van der Waals surface area contributed by atoms with Crippen molar-refractivity contribution in [1.29, 1.82) is 0 Å². The Labute approximate surface area is 222 Å². The fourth-order valence-electron chi connectivity index (χ4n) is 3.57. The molecule has 1 fully saturated rings. The van der Waals surface area contributed by atoms with E-state index in [1.165, 1.54) is 12.1 Å². The number of benzene rings is 2. The van der Waals surface area contributed by atoms with Gasteiger partial charge in [0.1, 0.15) is 17.2 Å². The maximum atomic E-state index is 13.4. The van der Waals surface area contributed by atoms with Crippen LogP contribution in [0.25, 0.3) is 0 Å². The van der Waals surface area contributed by atoms with Crippen molar-refractivity contribution in [3.05, 3.63) is 54.1 Å². The molecule has 12 heteroatoms. The number of halogens is 6. The van der Waals surface area contributed by atoms with Gasteiger partial charge in [-0.05, 0) is 74.2 Å². The summed E-state index contributed by atoms with van der Waals surface area (Å²) in [6, 6.07) is 9.86. The van der Waals surface area contributed by atoms with E-state index >= 15 is 0 Å². The minimum atomic E-state index is -5.79. The summed E-state index contributed by atoms with van der Waals surface area (Å²) in [5.74, 6) is -1.03. The van der Waals surface area contributed by atoms with E-state index in [2.05, 4.69) is 11.7 Å². The highest BCUT2D eigenvalue weighted by Gasteiger charge is 2.59. The quantitative estimate of drug-likeness (QED) is 0.103. The third kappa shape index (κ3) is 9.03. The highest BCUT2D eigenvalue weighted by Crippen LogP contribution is 2.37. The topological polar surface area (TPSA) is 63.2 Å². The SMILES string of the molecule is CCC1(COCCCCCOc2ccc(C(=O)Oc3ccc(OC(F)(F)C(F)C(F)(F)F)cc3)cc2)COC1. The predicted octanol–water partition coefficient (Wildman–Crippen LogP) is 6.77. The van der Waals surface area contributed by atoms with Crippen LogP contribution in [-0.2, 0) is 9.47 Å². The number of alkyl halides is 6. The van der Waals surface area contributed by atoms with Gasteiger partial charge in [-0.2, -0.15) is 22.0 Å². The fraction of sp³-hybridized carbons (Fsp3) is 0.519. The molecule has 0 aliphatic carbocycles. The number of ether oxygens (including phenoxy) is 5. The lowest BCUT2D eigenvalue weighted by Crippen LogP contribution is -2.45. The van der Waals surface area contributed by atoms with Crippen molar-refractivity contribution in [3.8, 4) is 17.2 Å². The molecule has 6 nitrogen and oxygen atoms in total. The molecule has 0 saturated carbocycles. The molecule has 1 aliphatic heterocycles. The standard InChI is InChI=1S/C27H30F6O6/c1-2-25(17-36-18-25)16-35-14-4-3-5-15-37-20-8-6-19(7-9-20)23(34)38-21-10-12-22(13-11-21)39-27(32,33)24(28)26(29,30)31/h6-13,24H,2-5,14-18H2,1H3. The first-order valence-corrected chi connectivity index (χ1v) is 12.4. The van der Waals surface area contributed by atoms with Crippen LogP contribution in [-0.4, -0.2) is 57.5 Å². The summed E-state index contributed by atoms with van der Waals surface area (Å²) in [6.45, 7) is 5.58. The van der Waals surface area contributed by atoms with Gasteiger partial charge in [-0.1, -0.05) is 6.92 Å². The Kier molecular flexibility index (Phi) is 10.5. The summed E-state index contributed by atoms with van der Waals surface area (Å²) in [5.41, 5.74) is 0.365. The van der Waals surface area contributed by atoms with Crippen LogP contribution in [0.2, 0.25) is 0 Å². The van der Waals surface area contributed by atoms with Crippen LogP contribution in [0, 0.1) is 5.41 Å². The molecule has 1 unspecified atom stereocenters. The molecule has 0 aromatic heterocycles. The van der Waals surface area contributed by atoms with Crippen molar-refractivity contribution < 1.29 is 54.8 Å². The van der Waals surface area contributed by atoms with E-state index in [-0.39, 0.29) is 16.7 Å². The summed E-state index contributed by atoms with van der Waals surface area (Å²) >= 11 is 0. The number of unbranched alkanes of at least 4 members (excludes halogenated alkanes) is 2. The van der Waals surface area contributed by atoms with Gasteiger partial charge in [0.15, 0.2) is 0 Å². The first-order chi connectivity index (χ1) is 18.4. The zero-order valence-corrected chi connectivity index (χ0v) is 21.3. The van der Waals surface area contributed by atoms with Gasteiger partial charge in [0.2, 0.25) is 0 Å². The molecule has 0 spiro atoms. The Morgan fingerprint density at radius 1 is 0.897 bits per heavy atom. The van der Waals surface area contributed by atoms with E-state index in [1.54, 1.807) is 12.1 Å². The lowest BCUT2D eigenvalue weighted by atomic mass is 9.84. The van der Waals surface area contributed by atoms with E-state index < -0.39 is 30.2 Å². The van der Waals surface area contributed by atoms with Crippen molar-refractivity contribution in [2.24, 2.45) is 5.41 Å². The number of esters is 1. The van der Waals surface area contributed by atoms with E-state index in [9.17, 15) is 31.1 Å². The second-order valence-corrected chi connectivity index (χ2v) is 9.26. The van der Waals surface area contributed by atoms with Crippen LogP contribution in [0.5, 0.6) is 17.2 Å². The third-order valence-electron chi connectivity index (χ3n) is 6.14. The van der Waals surface area contributed by atoms with Crippen molar-refractivity contribution >= 4 is 5.97 Å². The average molecular weight is 565 g/mol. The summed E-state index contributed by atoms with van der Waals surface area (Å²) in [7, 11) is 0. The maximum Gasteiger partial charge on any atom is 0.439 e. The van der Waals surface area contributed by atoms with Gasteiger partial charge in [-0.15, -0.1) is 0 Å². The Hall–Kier alpha value is -2.99. The van der Waals surface area contributed by atoms with E-state index in [0.29, 0.717) is 19.0 Å². The number of hydrogen-bond donors (Lipinski definition) is 0. The molecule has 2 aromatic carbocycles. The van der Waals surface area contributed by atoms with Gasteiger partial charge >= 0.3 is 18.3 Å². The Morgan fingerprint density at radius 2 is 1.49 bits per heavy atom. The molecule has 1 aliphatic rings. The number of carbonyl (C=O) groups excluding carboxylic acids is 1. The molecule has 1 saturated heterocycles. The van der Waals surface area contributed by atoms with Gasteiger partial charge < -0.3 is 23.7 Å². The molecule has 216 valence electrons. The summed E-state index contributed by atoms with van der Waals surface area (Å²) < 4.78 is 102. The second-order valence-electron chi connectivity index (χ2n) is 9.26. The Balaban J connectivity index is 1.35. The van der Waals surface area contributed by atoms with Gasteiger partial charge in [-0.25, -0.2) is 9.18 Å². The smallest absolute Gasteiger partial charge is 0.439 e. The second kappa shape index (κ2) is 13.4. The van der Waals surface area contributed by atoms with E-state index in [1.807, 2.05) is 0 Å². The first-order valence-electron chi connectivity index (χ1n) is 12.4. The zero-order chi connectivity index (χ0) is 28.5. The molecule has 0 radical (unpaired) electrons.